The Hall–Kier alpha value is -0.710. The molecule has 1 aromatic carbocycles. The van der Waals surface area contributed by atoms with E-state index in [-0.39, 0.29) is 28.2 Å². The molecule has 10 heteroatoms. The topological polar surface area (TPSA) is 110 Å². The molecule has 1 unspecified atom stereocenters. The SMILES string of the molecule is CC1CNCCN1S(=O)(=O)c1cccc(S(N)(=O)=O)c1.Cl. The molecule has 1 aliphatic rings. The summed E-state index contributed by atoms with van der Waals surface area (Å²) in [6, 6.07) is 4.93. The summed E-state index contributed by atoms with van der Waals surface area (Å²) >= 11 is 0. The molecule has 21 heavy (non-hydrogen) atoms. The summed E-state index contributed by atoms with van der Waals surface area (Å²) in [4.78, 5) is -0.265. The average molecular weight is 356 g/mol. The fourth-order valence-electron chi connectivity index (χ4n) is 2.13. The fourth-order valence-corrected chi connectivity index (χ4v) is 4.44. The van der Waals surface area contributed by atoms with Gasteiger partial charge in [-0.2, -0.15) is 4.31 Å². The third-order valence-corrected chi connectivity index (χ3v) is 6.10. The first kappa shape index (κ1) is 18.3. The second kappa shape index (κ2) is 6.59. The van der Waals surface area contributed by atoms with Crippen molar-refractivity contribution in [2.24, 2.45) is 5.14 Å². The summed E-state index contributed by atoms with van der Waals surface area (Å²) in [6.45, 7) is 3.28. The van der Waals surface area contributed by atoms with Crippen LogP contribution in [0.1, 0.15) is 6.92 Å². The van der Waals surface area contributed by atoms with Gasteiger partial charge in [0.1, 0.15) is 0 Å². The quantitative estimate of drug-likeness (QED) is 0.776. The summed E-state index contributed by atoms with van der Waals surface area (Å²) in [6.07, 6.45) is 0. The molecule has 0 saturated carbocycles. The van der Waals surface area contributed by atoms with Gasteiger partial charge in [-0.15, -0.1) is 12.4 Å². The molecule has 1 heterocycles. The van der Waals surface area contributed by atoms with E-state index < -0.39 is 20.0 Å². The number of hydrogen-bond donors (Lipinski definition) is 2. The summed E-state index contributed by atoms with van der Waals surface area (Å²) < 4.78 is 49.1. The molecule has 1 aliphatic heterocycles. The number of halogens is 1. The van der Waals surface area contributed by atoms with Gasteiger partial charge in [0.2, 0.25) is 20.0 Å². The number of sulfonamides is 2. The van der Waals surface area contributed by atoms with Crippen molar-refractivity contribution >= 4 is 32.5 Å². The minimum atomic E-state index is -3.93. The Labute approximate surface area is 131 Å². The van der Waals surface area contributed by atoms with E-state index in [4.69, 9.17) is 5.14 Å². The zero-order chi connectivity index (χ0) is 15.0. The van der Waals surface area contributed by atoms with E-state index in [1.165, 1.54) is 22.5 Å². The lowest BCUT2D eigenvalue weighted by Crippen LogP contribution is -2.52. The molecule has 3 N–H and O–H groups in total. The standard InChI is InChI=1S/C11H17N3O4S2.ClH/c1-9-8-13-5-6-14(9)20(17,18)11-4-2-3-10(7-11)19(12,15)16;/h2-4,7,9,13H,5-6,8H2,1H3,(H2,12,15,16);1H. The lowest BCUT2D eigenvalue weighted by molar-refractivity contribution is 0.284. The largest absolute Gasteiger partial charge is 0.314 e. The van der Waals surface area contributed by atoms with Gasteiger partial charge in [0.25, 0.3) is 0 Å². The van der Waals surface area contributed by atoms with Crippen LogP contribution in [0.25, 0.3) is 0 Å². The van der Waals surface area contributed by atoms with Crippen LogP contribution in [0.3, 0.4) is 0 Å². The Morgan fingerprint density at radius 3 is 2.43 bits per heavy atom. The summed E-state index contributed by atoms with van der Waals surface area (Å²) in [7, 11) is -7.65. The van der Waals surface area contributed by atoms with E-state index in [0.29, 0.717) is 19.6 Å². The van der Waals surface area contributed by atoms with Crippen molar-refractivity contribution in [3.63, 3.8) is 0 Å². The van der Waals surface area contributed by atoms with Crippen LogP contribution in [0.15, 0.2) is 34.1 Å². The minimum absolute atomic E-state index is 0. The molecule has 0 amide bonds. The van der Waals surface area contributed by atoms with E-state index in [2.05, 4.69) is 5.32 Å². The Kier molecular flexibility index (Phi) is 5.76. The molecule has 0 bridgehead atoms. The van der Waals surface area contributed by atoms with Crippen LogP contribution in [0.5, 0.6) is 0 Å². The van der Waals surface area contributed by atoms with Crippen molar-refractivity contribution in [2.45, 2.75) is 22.8 Å². The molecular weight excluding hydrogens is 338 g/mol. The van der Waals surface area contributed by atoms with Crippen molar-refractivity contribution in [1.29, 1.82) is 0 Å². The summed E-state index contributed by atoms with van der Waals surface area (Å²) in [5.41, 5.74) is 0. The van der Waals surface area contributed by atoms with Gasteiger partial charge < -0.3 is 5.32 Å². The van der Waals surface area contributed by atoms with Crippen LogP contribution < -0.4 is 10.5 Å². The van der Waals surface area contributed by atoms with Crippen LogP contribution in [-0.4, -0.2) is 46.8 Å². The maximum atomic E-state index is 12.5. The highest BCUT2D eigenvalue weighted by atomic mass is 35.5. The van der Waals surface area contributed by atoms with Gasteiger partial charge >= 0.3 is 0 Å². The van der Waals surface area contributed by atoms with Gasteiger partial charge in [-0.25, -0.2) is 22.0 Å². The number of nitrogens with zero attached hydrogens (tertiary/aromatic N) is 1. The van der Waals surface area contributed by atoms with Gasteiger partial charge in [0.05, 0.1) is 9.79 Å². The lowest BCUT2D eigenvalue weighted by Gasteiger charge is -2.32. The maximum Gasteiger partial charge on any atom is 0.243 e. The fraction of sp³-hybridized carbons (Fsp3) is 0.455. The number of nitrogens with one attached hydrogen (secondary N) is 1. The monoisotopic (exact) mass is 355 g/mol. The molecule has 2 rings (SSSR count). The predicted octanol–water partition coefficient (Wildman–Crippen LogP) is -0.262. The van der Waals surface area contributed by atoms with Crippen LogP contribution in [-0.2, 0) is 20.0 Å². The lowest BCUT2D eigenvalue weighted by atomic mass is 10.3. The first-order valence-corrected chi connectivity index (χ1v) is 9.07. The maximum absolute atomic E-state index is 12.5. The van der Waals surface area contributed by atoms with Crippen LogP contribution >= 0.6 is 12.4 Å². The van der Waals surface area contributed by atoms with E-state index in [9.17, 15) is 16.8 Å². The molecule has 0 aromatic heterocycles. The number of nitrogens with two attached hydrogens (primary N) is 1. The summed E-state index contributed by atoms with van der Waals surface area (Å²) in [5.74, 6) is 0. The van der Waals surface area contributed by atoms with E-state index in [1.807, 2.05) is 0 Å². The zero-order valence-corrected chi connectivity index (χ0v) is 13.8. The van der Waals surface area contributed by atoms with E-state index in [0.717, 1.165) is 6.07 Å². The molecule has 0 aliphatic carbocycles. The van der Waals surface area contributed by atoms with Gasteiger partial charge in [-0.3, -0.25) is 0 Å². The second-order valence-electron chi connectivity index (χ2n) is 4.69. The Balaban J connectivity index is 0.00000220. The average Bonchev–Trinajstić information content (AvgIpc) is 2.38. The number of primary sulfonamides is 1. The third-order valence-electron chi connectivity index (χ3n) is 3.18. The Bertz CT molecular complexity index is 706. The highest BCUT2D eigenvalue weighted by Gasteiger charge is 2.31. The third kappa shape index (κ3) is 3.93. The molecular formula is C11H18ClN3O4S2. The molecule has 7 nitrogen and oxygen atoms in total. The van der Waals surface area contributed by atoms with Crippen molar-refractivity contribution in [3.05, 3.63) is 24.3 Å². The Morgan fingerprint density at radius 1 is 1.24 bits per heavy atom. The first-order valence-electron chi connectivity index (χ1n) is 6.08. The van der Waals surface area contributed by atoms with Gasteiger partial charge in [0, 0.05) is 25.7 Å². The van der Waals surface area contributed by atoms with Gasteiger partial charge in [0.15, 0.2) is 0 Å². The highest BCUT2D eigenvalue weighted by Crippen LogP contribution is 2.21. The zero-order valence-electron chi connectivity index (χ0n) is 11.4. The van der Waals surface area contributed by atoms with Gasteiger partial charge in [-0.05, 0) is 25.1 Å². The second-order valence-corrected chi connectivity index (χ2v) is 8.14. The molecule has 1 aromatic rings. The van der Waals surface area contributed by atoms with Gasteiger partial charge in [-0.1, -0.05) is 6.07 Å². The normalized spacial score (nSPS) is 20.8. The van der Waals surface area contributed by atoms with Crippen molar-refractivity contribution in [3.8, 4) is 0 Å². The van der Waals surface area contributed by atoms with Crippen LogP contribution in [0.4, 0.5) is 0 Å². The molecule has 0 radical (unpaired) electrons. The number of piperazine rings is 1. The van der Waals surface area contributed by atoms with Crippen molar-refractivity contribution in [2.75, 3.05) is 19.6 Å². The van der Waals surface area contributed by atoms with Crippen molar-refractivity contribution in [1.82, 2.24) is 9.62 Å². The molecule has 1 fully saturated rings. The molecule has 1 atom stereocenters. The first-order chi connectivity index (χ1) is 9.23. The molecule has 120 valence electrons. The van der Waals surface area contributed by atoms with Crippen molar-refractivity contribution < 1.29 is 16.8 Å². The predicted molar refractivity (Wildman–Crippen MR) is 81.3 cm³/mol. The number of benzene rings is 1. The molecule has 1 saturated heterocycles. The highest BCUT2D eigenvalue weighted by molar-refractivity contribution is 7.90. The number of hydrogen-bond acceptors (Lipinski definition) is 5. The smallest absolute Gasteiger partial charge is 0.243 e. The Morgan fingerprint density at radius 2 is 1.86 bits per heavy atom. The van der Waals surface area contributed by atoms with Crippen LogP contribution in [0.2, 0.25) is 0 Å². The number of rotatable bonds is 3. The molecule has 0 spiro atoms. The minimum Gasteiger partial charge on any atom is -0.314 e. The van der Waals surface area contributed by atoms with E-state index >= 15 is 0 Å². The van der Waals surface area contributed by atoms with Crippen LogP contribution in [0, 0.1) is 0 Å². The summed E-state index contributed by atoms with van der Waals surface area (Å²) in [5, 5.41) is 8.13. The van der Waals surface area contributed by atoms with E-state index in [1.54, 1.807) is 6.92 Å².